The van der Waals surface area contributed by atoms with E-state index in [1.807, 2.05) is 28.8 Å². The molecule has 11 heteroatoms. The van der Waals surface area contributed by atoms with Gasteiger partial charge in [0.25, 0.3) is 11.1 Å². The minimum absolute atomic E-state index is 0.0453. The average Bonchev–Trinajstić information content (AvgIpc) is 3.62. The first kappa shape index (κ1) is 25.8. The van der Waals surface area contributed by atoms with Crippen molar-refractivity contribution in [3.63, 3.8) is 0 Å². The normalized spacial score (nSPS) is 15.3. The van der Waals surface area contributed by atoms with E-state index in [0.29, 0.717) is 32.9 Å². The molecule has 4 aromatic rings. The van der Waals surface area contributed by atoms with E-state index in [1.165, 1.54) is 0 Å². The van der Waals surface area contributed by atoms with Gasteiger partial charge in [0.05, 0.1) is 16.5 Å². The zero-order valence-corrected chi connectivity index (χ0v) is 22.5. The van der Waals surface area contributed by atoms with Crippen molar-refractivity contribution in [2.75, 3.05) is 25.3 Å². The number of aromatic nitrogens is 1. The maximum Gasteiger partial charge on any atom is 0.293 e. The average molecular weight is 576 g/mol. The third-order valence-corrected chi connectivity index (χ3v) is 7.58. The fraction of sp³-hybridized carbons (Fsp3) is 0.138. The number of imide groups is 1. The molecule has 3 amide bonds. The first-order valence-electron chi connectivity index (χ1n) is 12.4. The molecule has 6 rings (SSSR count). The molecule has 1 saturated heterocycles. The number of carbonyl (C=O) groups is 3. The molecule has 0 aliphatic carbocycles. The van der Waals surface area contributed by atoms with Crippen molar-refractivity contribution in [2.24, 2.45) is 0 Å². The number of carbonyl (C=O) groups excluding carboxylic acids is 3. The van der Waals surface area contributed by atoms with Crippen LogP contribution in [0.5, 0.6) is 17.2 Å². The highest BCUT2D eigenvalue weighted by Gasteiger charge is 2.35. The van der Waals surface area contributed by atoms with Gasteiger partial charge in [-0.1, -0.05) is 41.9 Å². The molecule has 9 nitrogen and oxygen atoms in total. The molecule has 3 aromatic carbocycles. The summed E-state index contributed by atoms with van der Waals surface area (Å²) in [5, 5.41) is 3.82. The van der Waals surface area contributed by atoms with Crippen LogP contribution >= 0.6 is 23.4 Å². The number of halogens is 1. The summed E-state index contributed by atoms with van der Waals surface area (Å²) in [6.07, 6.45) is 3.49. The van der Waals surface area contributed by atoms with Gasteiger partial charge in [-0.25, -0.2) is 0 Å². The van der Waals surface area contributed by atoms with Crippen LogP contribution in [0.1, 0.15) is 5.56 Å². The largest absolute Gasteiger partial charge is 0.490 e. The lowest BCUT2D eigenvalue weighted by molar-refractivity contribution is -0.123. The zero-order valence-electron chi connectivity index (χ0n) is 21.0. The highest BCUT2D eigenvalue weighted by molar-refractivity contribution is 8.18. The maximum atomic E-state index is 13.1. The van der Waals surface area contributed by atoms with Crippen LogP contribution in [0.15, 0.2) is 77.8 Å². The van der Waals surface area contributed by atoms with Crippen LogP contribution in [0.2, 0.25) is 5.02 Å². The maximum absolute atomic E-state index is 13.1. The molecule has 40 heavy (non-hydrogen) atoms. The van der Waals surface area contributed by atoms with E-state index in [4.69, 9.17) is 25.8 Å². The molecular weight excluding hydrogens is 554 g/mol. The Balaban J connectivity index is 1.16. The summed E-state index contributed by atoms with van der Waals surface area (Å²) >= 11 is 6.99. The lowest BCUT2D eigenvalue weighted by Crippen LogP contribution is -2.32. The number of thioether (sulfide) groups is 1. The van der Waals surface area contributed by atoms with Crippen LogP contribution in [0, 0.1) is 0 Å². The second-order valence-electron chi connectivity index (χ2n) is 8.96. The predicted octanol–water partition coefficient (Wildman–Crippen LogP) is 5.78. The van der Waals surface area contributed by atoms with Crippen molar-refractivity contribution in [1.82, 2.24) is 9.47 Å². The Hall–Kier alpha value is -4.41. The van der Waals surface area contributed by atoms with Gasteiger partial charge in [0, 0.05) is 34.4 Å². The van der Waals surface area contributed by atoms with E-state index >= 15 is 0 Å². The molecule has 2 aliphatic heterocycles. The van der Waals surface area contributed by atoms with Gasteiger partial charge in [0.1, 0.15) is 18.9 Å². The monoisotopic (exact) mass is 575 g/mol. The summed E-state index contributed by atoms with van der Waals surface area (Å²) in [5.74, 6) is 1.08. The molecular formula is C29H22ClN3O6S. The summed E-state index contributed by atoms with van der Waals surface area (Å²) in [6, 6.07) is 19.8. The number of benzene rings is 3. The van der Waals surface area contributed by atoms with E-state index in [1.54, 1.807) is 54.7 Å². The Morgan fingerprint density at radius 3 is 2.73 bits per heavy atom. The van der Waals surface area contributed by atoms with E-state index in [-0.39, 0.29) is 37.6 Å². The van der Waals surface area contributed by atoms with Gasteiger partial charge in [-0.2, -0.15) is 0 Å². The molecule has 3 heterocycles. The molecule has 1 fully saturated rings. The molecule has 202 valence electrons. The van der Waals surface area contributed by atoms with Crippen molar-refractivity contribution in [2.45, 2.75) is 6.54 Å². The number of rotatable bonds is 8. The number of hydrogen-bond donors (Lipinski definition) is 1. The molecule has 0 radical (unpaired) electrons. The Morgan fingerprint density at radius 2 is 1.85 bits per heavy atom. The number of amides is 3. The molecule has 0 atom stereocenters. The van der Waals surface area contributed by atoms with Crippen molar-refractivity contribution in [1.29, 1.82) is 0 Å². The summed E-state index contributed by atoms with van der Waals surface area (Å²) in [6.45, 7) is 0.409. The van der Waals surface area contributed by atoms with Gasteiger partial charge in [-0.05, 0) is 48.2 Å². The molecule has 0 saturated carbocycles. The zero-order chi connectivity index (χ0) is 27.6. The molecule has 1 N–H and O–H groups in total. The third-order valence-electron chi connectivity index (χ3n) is 6.36. The highest BCUT2D eigenvalue weighted by atomic mass is 35.5. The van der Waals surface area contributed by atoms with Crippen molar-refractivity contribution < 1.29 is 28.6 Å². The first-order valence-corrected chi connectivity index (χ1v) is 13.6. The van der Waals surface area contributed by atoms with E-state index in [9.17, 15) is 14.4 Å². The third kappa shape index (κ3) is 5.23. The van der Waals surface area contributed by atoms with E-state index in [2.05, 4.69) is 5.32 Å². The van der Waals surface area contributed by atoms with Crippen LogP contribution in [0.4, 0.5) is 10.5 Å². The lowest BCUT2D eigenvalue weighted by atomic mass is 10.1. The van der Waals surface area contributed by atoms with Crippen molar-refractivity contribution in [3.05, 3.63) is 88.4 Å². The highest BCUT2D eigenvalue weighted by Crippen LogP contribution is 2.35. The van der Waals surface area contributed by atoms with Gasteiger partial charge >= 0.3 is 0 Å². The van der Waals surface area contributed by atoms with Crippen LogP contribution < -0.4 is 19.5 Å². The Kier molecular flexibility index (Phi) is 7.10. The van der Waals surface area contributed by atoms with Crippen LogP contribution in [0.25, 0.3) is 17.0 Å². The minimum atomic E-state index is -0.393. The number of hydrogen-bond acceptors (Lipinski definition) is 7. The molecule has 0 spiro atoms. The first-order chi connectivity index (χ1) is 19.5. The van der Waals surface area contributed by atoms with Gasteiger partial charge in [0.15, 0.2) is 11.5 Å². The van der Waals surface area contributed by atoms with E-state index in [0.717, 1.165) is 33.1 Å². The minimum Gasteiger partial charge on any atom is -0.490 e. The number of para-hydroxylation sites is 2. The van der Waals surface area contributed by atoms with Crippen LogP contribution in [-0.2, 0) is 16.1 Å². The fourth-order valence-electron chi connectivity index (χ4n) is 4.49. The van der Waals surface area contributed by atoms with Crippen molar-refractivity contribution in [3.8, 4) is 17.2 Å². The fourth-order valence-corrected chi connectivity index (χ4v) is 5.54. The smallest absolute Gasteiger partial charge is 0.293 e. The van der Waals surface area contributed by atoms with Gasteiger partial charge in [0.2, 0.25) is 12.7 Å². The topological polar surface area (TPSA) is 99.1 Å². The molecule has 2 aliphatic rings. The van der Waals surface area contributed by atoms with Gasteiger partial charge < -0.3 is 24.1 Å². The predicted molar refractivity (Wildman–Crippen MR) is 153 cm³/mol. The standard InChI is InChI=1S/C29H22ClN3O6S/c30-21-6-2-4-8-23(21)37-12-11-33-28(35)26(40-29(33)36)13-18-15-32(22-7-3-1-5-20(18)22)16-27(34)31-19-9-10-24-25(14-19)39-17-38-24/h1-10,13-15H,11-12,16-17H2,(H,31,34)/b26-13-. The summed E-state index contributed by atoms with van der Waals surface area (Å²) in [7, 11) is 0. The van der Waals surface area contributed by atoms with Crippen LogP contribution in [-0.4, -0.2) is 46.5 Å². The van der Waals surface area contributed by atoms with Gasteiger partial charge in [-0.3, -0.25) is 19.3 Å². The quantitative estimate of drug-likeness (QED) is 0.266. The summed E-state index contributed by atoms with van der Waals surface area (Å²) in [4.78, 5) is 40.1. The van der Waals surface area contributed by atoms with Crippen LogP contribution in [0.3, 0.4) is 0 Å². The number of fused-ring (bicyclic) bond motifs is 2. The number of nitrogens with one attached hydrogen (secondary N) is 1. The second kappa shape index (κ2) is 11.0. The Labute approximate surface area is 238 Å². The van der Waals surface area contributed by atoms with E-state index < -0.39 is 5.91 Å². The molecule has 0 unspecified atom stereocenters. The SMILES string of the molecule is O=C(Cn1cc(/C=C2\SC(=O)N(CCOc3ccccc3Cl)C2=O)c2ccccc21)Nc1ccc2c(c1)OCO2. The summed E-state index contributed by atoms with van der Waals surface area (Å²) in [5.41, 5.74) is 2.14. The Morgan fingerprint density at radius 1 is 1.05 bits per heavy atom. The summed E-state index contributed by atoms with van der Waals surface area (Å²) < 4.78 is 18.2. The number of nitrogens with zero attached hydrogens (tertiary/aromatic N) is 2. The molecule has 1 aromatic heterocycles. The number of ether oxygens (including phenoxy) is 3. The number of anilines is 1. The molecule has 0 bridgehead atoms. The van der Waals surface area contributed by atoms with Gasteiger partial charge in [-0.15, -0.1) is 0 Å². The lowest BCUT2D eigenvalue weighted by Gasteiger charge is -2.13. The van der Waals surface area contributed by atoms with Crippen molar-refractivity contribution >= 4 is 63.1 Å². The Bertz CT molecular complexity index is 1680. The second-order valence-corrected chi connectivity index (χ2v) is 10.4.